The third-order valence-corrected chi connectivity index (χ3v) is 2.70. The molecule has 0 radical (unpaired) electrons. The van der Waals surface area contributed by atoms with Crippen LogP contribution in [0.4, 0.5) is 0 Å². The van der Waals surface area contributed by atoms with Crippen molar-refractivity contribution in [3.63, 3.8) is 0 Å². The highest BCUT2D eigenvalue weighted by atomic mass is 16.5. The summed E-state index contributed by atoms with van der Waals surface area (Å²) in [7, 11) is 0. The standard InChI is InChI=1S/C8H15NO/c1-4-9-8-3-6-10-5-2-7(1)8/h7-9H,1-6H2. The fourth-order valence-electron chi connectivity index (χ4n) is 2.05. The molecule has 2 atom stereocenters. The molecule has 2 nitrogen and oxygen atoms in total. The van der Waals surface area contributed by atoms with Gasteiger partial charge in [0.2, 0.25) is 0 Å². The van der Waals surface area contributed by atoms with Crippen molar-refractivity contribution in [3.05, 3.63) is 0 Å². The number of hydrogen-bond acceptors (Lipinski definition) is 2. The van der Waals surface area contributed by atoms with E-state index in [9.17, 15) is 0 Å². The molecule has 0 spiro atoms. The van der Waals surface area contributed by atoms with Crippen molar-refractivity contribution >= 4 is 0 Å². The SMILES string of the molecule is C1CC2CCOCCC2N1. The smallest absolute Gasteiger partial charge is 0.0480 e. The average molecular weight is 141 g/mol. The van der Waals surface area contributed by atoms with E-state index in [-0.39, 0.29) is 0 Å². The van der Waals surface area contributed by atoms with E-state index in [1.165, 1.54) is 25.8 Å². The van der Waals surface area contributed by atoms with Gasteiger partial charge in [-0.3, -0.25) is 0 Å². The minimum atomic E-state index is 0.780. The van der Waals surface area contributed by atoms with E-state index < -0.39 is 0 Å². The fraction of sp³-hybridized carbons (Fsp3) is 1.00. The van der Waals surface area contributed by atoms with E-state index in [0.717, 1.165) is 25.2 Å². The Labute approximate surface area is 61.9 Å². The molecular weight excluding hydrogens is 126 g/mol. The maximum Gasteiger partial charge on any atom is 0.0480 e. The van der Waals surface area contributed by atoms with Gasteiger partial charge in [-0.2, -0.15) is 0 Å². The zero-order valence-electron chi connectivity index (χ0n) is 6.31. The first-order chi connectivity index (χ1) is 4.97. The van der Waals surface area contributed by atoms with Crippen LogP contribution in [0, 0.1) is 5.92 Å². The van der Waals surface area contributed by atoms with Crippen LogP contribution in [0.1, 0.15) is 19.3 Å². The van der Waals surface area contributed by atoms with Crippen LogP contribution in [0.3, 0.4) is 0 Å². The normalized spacial score (nSPS) is 40.8. The summed E-state index contributed by atoms with van der Waals surface area (Å²) in [6.45, 7) is 3.19. The highest BCUT2D eigenvalue weighted by Crippen LogP contribution is 2.23. The van der Waals surface area contributed by atoms with E-state index in [1.54, 1.807) is 0 Å². The van der Waals surface area contributed by atoms with Gasteiger partial charge in [0.15, 0.2) is 0 Å². The zero-order chi connectivity index (χ0) is 6.81. The van der Waals surface area contributed by atoms with Crippen molar-refractivity contribution in [2.45, 2.75) is 25.3 Å². The molecule has 2 aliphatic heterocycles. The van der Waals surface area contributed by atoms with Gasteiger partial charge in [0.05, 0.1) is 0 Å². The number of rotatable bonds is 0. The summed E-state index contributed by atoms with van der Waals surface area (Å²) in [5.74, 6) is 0.919. The van der Waals surface area contributed by atoms with Crippen LogP contribution in [0.2, 0.25) is 0 Å². The minimum Gasteiger partial charge on any atom is -0.381 e. The van der Waals surface area contributed by atoms with Crippen LogP contribution in [0.5, 0.6) is 0 Å². The summed E-state index contributed by atoms with van der Waals surface area (Å²) in [4.78, 5) is 0. The van der Waals surface area contributed by atoms with Crippen molar-refractivity contribution in [2.24, 2.45) is 5.92 Å². The van der Waals surface area contributed by atoms with Gasteiger partial charge in [-0.15, -0.1) is 0 Å². The largest absolute Gasteiger partial charge is 0.381 e. The highest BCUT2D eigenvalue weighted by molar-refractivity contribution is 4.84. The van der Waals surface area contributed by atoms with Gasteiger partial charge >= 0.3 is 0 Å². The van der Waals surface area contributed by atoms with Gasteiger partial charge < -0.3 is 10.1 Å². The lowest BCUT2D eigenvalue weighted by Crippen LogP contribution is -2.26. The molecular formula is C8H15NO. The van der Waals surface area contributed by atoms with Gasteiger partial charge in [0, 0.05) is 19.3 Å². The number of fused-ring (bicyclic) bond motifs is 1. The first-order valence-corrected chi connectivity index (χ1v) is 4.28. The first kappa shape index (κ1) is 6.62. The van der Waals surface area contributed by atoms with Gasteiger partial charge in [0.1, 0.15) is 0 Å². The predicted octanol–water partition coefficient (Wildman–Crippen LogP) is 0.775. The van der Waals surface area contributed by atoms with Crippen molar-refractivity contribution in [1.82, 2.24) is 5.32 Å². The highest BCUT2D eigenvalue weighted by Gasteiger charge is 2.27. The maximum atomic E-state index is 5.39. The summed E-state index contributed by atoms with van der Waals surface area (Å²) in [6, 6.07) is 0.780. The average Bonchev–Trinajstić information content (AvgIpc) is 2.28. The molecule has 0 amide bonds. The quantitative estimate of drug-likeness (QED) is 0.538. The second-order valence-electron chi connectivity index (χ2n) is 3.30. The molecule has 58 valence electrons. The molecule has 0 aromatic carbocycles. The number of nitrogens with one attached hydrogen (secondary N) is 1. The van der Waals surface area contributed by atoms with Crippen molar-refractivity contribution in [3.8, 4) is 0 Å². The molecule has 2 fully saturated rings. The molecule has 2 saturated heterocycles. The van der Waals surface area contributed by atoms with E-state index in [4.69, 9.17) is 4.74 Å². The van der Waals surface area contributed by atoms with Crippen LogP contribution in [-0.4, -0.2) is 25.8 Å². The fourth-order valence-corrected chi connectivity index (χ4v) is 2.05. The van der Waals surface area contributed by atoms with Crippen LogP contribution in [-0.2, 0) is 4.74 Å². The molecule has 0 aromatic heterocycles. The second-order valence-corrected chi connectivity index (χ2v) is 3.30. The lowest BCUT2D eigenvalue weighted by Gasteiger charge is -2.13. The van der Waals surface area contributed by atoms with Crippen molar-refractivity contribution < 1.29 is 4.74 Å². The van der Waals surface area contributed by atoms with E-state index in [2.05, 4.69) is 5.32 Å². The van der Waals surface area contributed by atoms with Crippen LogP contribution in [0.25, 0.3) is 0 Å². The first-order valence-electron chi connectivity index (χ1n) is 4.28. The van der Waals surface area contributed by atoms with Crippen molar-refractivity contribution in [1.29, 1.82) is 0 Å². The third-order valence-electron chi connectivity index (χ3n) is 2.70. The molecule has 0 bridgehead atoms. The Morgan fingerprint density at radius 1 is 1.10 bits per heavy atom. The lowest BCUT2D eigenvalue weighted by molar-refractivity contribution is 0.139. The topological polar surface area (TPSA) is 21.3 Å². The maximum absolute atomic E-state index is 5.39. The monoisotopic (exact) mass is 141 g/mol. The van der Waals surface area contributed by atoms with E-state index in [1.807, 2.05) is 0 Å². The molecule has 2 heterocycles. The molecule has 2 aliphatic rings. The van der Waals surface area contributed by atoms with E-state index >= 15 is 0 Å². The zero-order valence-corrected chi connectivity index (χ0v) is 6.31. The lowest BCUT2D eigenvalue weighted by atomic mass is 9.96. The van der Waals surface area contributed by atoms with Gasteiger partial charge in [0.25, 0.3) is 0 Å². The molecule has 2 rings (SSSR count). The summed E-state index contributed by atoms with van der Waals surface area (Å²) >= 11 is 0. The van der Waals surface area contributed by atoms with Crippen LogP contribution < -0.4 is 5.32 Å². The predicted molar refractivity (Wildman–Crippen MR) is 40.0 cm³/mol. The van der Waals surface area contributed by atoms with Crippen LogP contribution >= 0.6 is 0 Å². The molecule has 1 N–H and O–H groups in total. The Balaban J connectivity index is 1.95. The summed E-state index contributed by atoms with van der Waals surface area (Å²) in [6.07, 6.45) is 3.87. The number of ether oxygens (including phenoxy) is 1. The summed E-state index contributed by atoms with van der Waals surface area (Å²) in [5.41, 5.74) is 0. The second kappa shape index (κ2) is 2.89. The Morgan fingerprint density at radius 3 is 3.00 bits per heavy atom. The molecule has 2 heteroatoms. The van der Waals surface area contributed by atoms with Crippen LogP contribution in [0.15, 0.2) is 0 Å². The Hall–Kier alpha value is -0.0800. The van der Waals surface area contributed by atoms with E-state index in [0.29, 0.717) is 0 Å². The third kappa shape index (κ3) is 1.18. The van der Waals surface area contributed by atoms with Crippen molar-refractivity contribution in [2.75, 3.05) is 19.8 Å². The Bertz CT molecular complexity index is 104. The van der Waals surface area contributed by atoms with Gasteiger partial charge in [-0.1, -0.05) is 0 Å². The van der Waals surface area contributed by atoms with Gasteiger partial charge in [-0.05, 0) is 31.7 Å². The number of hydrogen-bond donors (Lipinski definition) is 1. The molecule has 10 heavy (non-hydrogen) atoms. The Morgan fingerprint density at radius 2 is 2.00 bits per heavy atom. The van der Waals surface area contributed by atoms with Gasteiger partial charge in [-0.25, -0.2) is 0 Å². The summed E-state index contributed by atoms with van der Waals surface area (Å²) < 4.78 is 5.39. The summed E-state index contributed by atoms with van der Waals surface area (Å²) in [5, 5.41) is 3.52. The minimum absolute atomic E-state index is 0.780. The Kier molecular flexibility index (Phi) is 1.91. The molecule has 0 aliphatic carbocycles. The molecule has 2 unspecified atom stereocenters. The molecule has 0 aromatic rings. The molecule has 0 saturated carbocycles.